The molecule has 20 heavy (non-hydrogen) atoms. The molecule has 2 aromatic rings. The van der Waals surface area contributed by atoms with Crippen LogP contribution in [0.1, 0.15) is 21.5 Å². The summed E-state index contributed by atoms with van der Waals surface area (Å²) in [6.45, 7) is 3.88. The number of non-ortho nitro benzene ring substituents is 1. The molecule has 2 rings (SSSR count). The van der Waals surface area contributed by atoms with Crippen molar-refractivity contribution in [3.63, 3.8) is 0 Å². The number of aryl methyl sites for hydroxylation is 2. The molecule has 0 radical (unpaired) electrons. The highest BCUT2D eigenvalue weighted by molar-refractivity contribution is 5.80. The number of carbonyl (C=O) groups is 1. The minimum Gasteiger partial charge on any atom is -0.457 e. The van der Waals surface area contributed by atoms with Crippen LogP contribution in [0.15, 0.2) is 36.4 Å². The van der Waals surface area contributed by atoms with Gasteiger partial charge in [0.15, 0.2) is 6.29 Å². The Labute approximate surface area is 116 Å². The highest BCUT2D eigenvalue weighted by atomic mass is 16.6. The zero-order valence-corrected chi connectivity index (χ0v) is 11.1. The molecular formula is C15H13NO4. The summed E-state index contributed by atoms with van der Waals surface area (Å²) in [5, 5.41) is 10.7. The third-order valence-electron chi connectivity index (χ3n) is 2.75. The number of hydrogen-bond donors (Lipinski definition) is 0. The predicted molar refractivity (Wildman–Crippen MR) is 74.5 cm³/mol. The molecule has 0 aliphatic heterocycles. The zero-order valence-electron chi connectivity index (χ0n) is 11.1. The minimum absolute atomic E-state index is 0.139. The molecule has 0 heterocycles. The molecule has 0 aliphatic carbocycles. The molecule has 0 bridgehead atoms. The lowest BCUT2D eigenvalue weighted by Gasteiger charge is -2.09. The monoisotopic (exact) mass is 271 g/mol. The number of nitrogens with zero attached hydrogens (tertiary/aromatic N) is 1. The van der Waals surface area contributed by atoms with Crippen LogP contribution in [-0.4, -0.2) is 11.2 Å². The van der Waals surface area contributed by atoms with E-state index in [-0.39, 0.29) is 11.3 Å². The summed E-state index contributed by atoms with van der Waals surface area (Å²) in [7, 11) is 0. The van der Waals surface area contributed by atoms with E-state index in [4.69, 9.17) is 4.74 Å². The second-order valence-corrected chi connectivity index (χ2v) is 4.52. The summed E-state index contributed by atoms with van der Waals surface area (Å²) < 4.78 is 5.64. The fourth-order valence-electron chi connectivity index (χ4n) is 1.95. The number of aldehydes is 1. The summed E-state index contributed by atoms with van der Waals surface area (Å²) in [4.78, 5) is 21.2. The van der Waals surface area contributed by atoms with Crippen molar-refractivity contribution in [3.8, 4) is 11.5 Å². The van der Waals surface area contributed by atoms with E-state index in [0.29, 0.717) is 17.8 Å². The number of rotatable bonds is 4. The van der Waals surface area contributed by atoms with Gasteiger partial charge in [0.2, 0.25) is 0 Å². The molecule has 0 aliphatic rings. The standard InChI is InChI=1S/C15H13NO4/c1-10-5-11(2)7-14(6-10)20-15-4-3-13(16(18)19)8-12(15)9-17/h3-9H,1-2H3. The van der Waals surface area contributed by atoms with E-state index in [2.05, 4.69) is 0 Å². The van der Waals surface area contributed by atoms with Crippen LogP contribution in [0.5, 0.6) is 11.5 Å². The van der Waals surface area contributed by atoms with E-state index in [1.807, 2.05) is 32.0 Å². The molecule has 0 amide bonds. The number of benzene rings is 2. The van der Waals surface area contributed by atoms with Crippen molar-refractivity contribution in [2.45, 2.75) is 13.8 Å². The second-order valence-electron chi connectivity index (χ2n) is 4.52. The first-order chi connectivity index (χ1) is 9.49. The van der Waals surface area contributed by atoms with E-state index in [9.17, 15) is 14.9 Å². The molecule has 0 saturated carbocycles. The number of carbonyl (C=O) groups excluding carboxylic acids is 1. The van der Waals surface area contributed by atoms with Gasteiger partial charge in [0.05, 0.1) is 10.5 Å². The number of nitro groups is 1. The van der Waals surface area contributed by atoms with Gasteiger partial charge in [0.25, 0.3) is 5.69 Å². The van der Waals surface area contributed by atoms with Crippen molar-refractivity contribution in [2.24, 2.45) is 0 Å². The molecule has 0 N–H and O–H groups in total. The fraction of sp³-hybridized carbons (Fsp3) is 0.133. The van der Waals surface area contributed by atoms with Crippen molar-refractivity contribution in [1.82, 2.24) is 0 Å². The van der Waals surface area contributed by atoms with Crippen LogP contribution in [0.2, 0.25) is 0 Å². The summed E-state index contributed by atoms with van der Waals surface area (Å²) in [6, 6.07) is 9.62. The quantitative estimate of drug-likeness (QED) is 0.481. The van der Waals surface area contributed by atoms with E-state index in [1.165, 1.54) is 18.2 Å². The van der Waals surface area contributed by atoms with Crippen molar-refractivity contribution in [1.29, 1.82) is 0 Å². The number of ether oxygens (including phenoxy) is 1. The van der Waals surface area contributed by atoms with Crippen molar-refractivity contribution in [3.05, 3.63) is 63.2 Å². The van der Waals surface area contributed by atoms with Crippen LogP contribution in [0.25, 0.3) is 0 Å². The topological polar surface area (TPSA) is 69.4 Å². The molecular weight excluding hydrogens is 258 g/mol. The summed E-state index contributed by atoms with van der Waals surface area (Å²) >= 11 is 0. The first-order valence-corrected chi connectivity index (χ1v) is 5.99. The summed E-state index contributed by atoms with van der Waals surface area (Å²) in [6.07, 6.45) is 0.547. The molecule has 0 fully saturated rings. The van der Waals surface area contributed by atoms with Crippen LogP contribution in [-0.2, 0) is 0 Å². The maximum Gasteiger partial charge on any atom is 0.270 e. The van der Waals surface area contributed by atoms with Crippen LogP contribution < -0.4 is 4.74 Å². The molecule has 0 atom stereocenters. The maximum atomic E-state index is 11.0. The third-order valence-corrected chi connectivity index (χ3v) is 2.75. The Balaban J connectivity index is 2.37. The highest BCUT2D eigenvalue weighted by Crippen LogP contribution is 2.28. The average molecular weight is 271 g/mol. The smallest absolute Gasteiger partial charge is 0.270 e. The molecule has 0 saturated heterocycles. The zero-order chi connectivity index (χ0) is 14.7. The van der Waals surface area contributed by atoms with Gasteiger partial charge in [0.1, 0.15) is 11.5 Å². The number of nitro benzene ring substituents is 1. The van der Waals surface area contributed by atoms with Crippen LogP contribution in [0, 0.1) is 24.0 Å². The van der Waals surface area contributed by atoms with Gasteiger partial charge in [-0.25, -0.2) is 0 Å². The van der Waals surface area contributed by atoms with Gasteiger partial charge >= 0.3 is 0 Å². The van der Waals surface area contributed by atoms with Crippen LogP contribution >= 0.6 is 0 Å². The maximum absolute atomic E-state index is 11.0. The van der Waals surface area contributed by atoms with Gasteiger partial charge in [-0.15, -0.1) is 0 Å². The molecule has 0 unspecified atom stereocenters. The first kappa shape index (κ1) is 13.7. The lowest BCUT2D eigenvalue weighted by molar-refractivity contribution is -0.384. The third kappa shape index (κ3) is 3.00. The number of hydrogen-bond acceptors (Lipinski definition) is 4. The van der Waals surface area contributed by atoms with Gasteiger partial charge in [-0.3, -0.25) is 14.9 Å². The van der Waals surface area contributed by atoms with Gasteiger partial charge in [-0.05, 0) is 43.2 Å². The van der Waals surface area contributed by atoms with E-state index < -0.39 is 4.92 Å². The first-order valence-electron chi connectivity index (χ1n) is 5.99. The molecule has 102 valence electrons. The SMILES string of the molecule is Cc1cc(C)cc(Oc2ccc([N+](=O)[O-])cc2C=O)c1. The molecule has 5 heteroatoms. The second kappa shape index (κ2) is 5.52. The average Bonchev–Trinajstić information content (AvgIpc) is 2.37. The molecule has 2 aromatic carbocycles. The van der Waals surface area contributed by atoms with Crippen LogP contribution in [0.3, 0.4) is 0 Å². The Morgan fingerprint density at radius 1 is 1.10 bits per heavy atom. The van der Waals surface area contributed by atoms with E-state index in [0.717, 1.165) is 11.1 Å². The molecule has 0 aromatic heterocycles. The summed E-state index contributed by atoms with van der Waals surface area (Å²) in [5.74, 6) is 0.898. The van der Waals surface area contributed by atoms with Crippen LogP contribution in [0.4, 0.5) is 5.69 Å². The molecule has 0 spiro atoms. The van der Waals surface area contributed by atoms with Gasteiger partial charge in [-0.1, -0.05) is 6.07 Å². The van der Waals surface area contributed by atoms with Crippen molar-refractivity contribution >= 4 is 12.0 Å². The van der Waals surface area contributed by atoms with E-state index >= 15 is 0 Å². The lowest BCUT2D eigenvalue weighted by Crippen LogP contribution is -1.94. The normalized spacial score (nSPS) is 10.1. The Morgan fingerprint density at radius 2 is 1.75 bits per heavy atom. The summed E-state index contributed by atoms with van der Waals surface area (Å²) in [5.41, 5.74) is 2.09. The Hall–Kier alpha value is -2.69. The van der Waals surface area contributed by atoms with Gasteiger partial charge in [-0.2, -0.15) is 0 Å². The Kier molecular flexibility index (Phi) is 3.79. The minimum atomic E-state index is -0.548. The largest absolute Gasteiger partial charge is 0.457 e. The van der Waals surface area contributed by atoms with Crippen molar-refractivity contribution in [2.75, 3.05) is 0 Å². The van der Waals surface area contributed by atoms with Gasteiger partial charge < -0.3 is 4.74 Å². The predicted octanol–water partition coefficient (Wildman–Crippen LogP) is 3.82. The fourth-order valence-corrected chi connectivity index (χ4v) is 1.95. The van der Waals surface area contributed by atoms with E-state index in [1.54, 1.807) is 0 Å². The van der Waals surface area contributed by atoms with Crippen molar-refractivity contribution < 1.29 is 14.5 Å². The molecule has 5 nitrogen and oxygen atoms in total. The van der Waals surface area contributed by atoms with Gasteiger partial charge in [0, 0.05) is 12.1 Å². The Morgan fingerprint density at radius 3 is 2.30 bits per heavy atom. The highest BCUT2D eigenvalue weighted by Gasteiger charge is 2.12. The lowest BCUT2D eigenvalue weighted by atomic mass is 10.1. The Bertz CT molecular complexity index is 659.